The molecular weight excluding hydrogens is 287 g/mol. The summed E-state index contributed by atoms with van der Waals surface area (Å²) in [5.74, 6) is -2.19. The van der Waals surface area contributed by atoms with Crippen LogP contribution in [0.2, 0.25) is 0 Å². The summed E-state index contributed by atoms with van der Waals surface area (Å²) in [7, 11) is 0. The summed E-state index contributed by atoms with van der Waals surface area (Å²) in [5, 5.41) is 14.2. The van der Waals surface area contributed by atoms with Crippen molar-refractivity contribution in [2.45, 2.75) is 31.2 Å². The van der Waals surface area contributed by atoms with Crippen molar-refractivity contribution in [1.82, 2.24) is 9.99 Å². The van der Waals surface area contributed by atoms with E-state index >= 15 is 0 Å². The minimum atomic E-state index is -4.98. The summed E-state index contributed by atoms with van der Waals surface area (Å²) < 4.78 is 40.1. The Morgan fingerprint density at radius 3 is 2.86 bits per heavy atom. The van der Waals surface area contributed by atoms with Gasteiger partial charge in [0, 0.05) is 18.1 Å². The molecule has 1 aliphatic heterocycles. The van der Waals surface area contributed by atoms with E-state index in [1.165, 1.54) is 18.3 Å². The van der Waals surface area contributed by atoms with Crippen molar-refractivity contribution in [3.05, 3.63) is 30.1 Å². The lowest BCUT2D eigenvalue weighted by Crippen LogP contribution is -2.60. The maximum Gasteiger partial charge on any atom is 0.439 e. The molecule has 2 aliphatic rings. The summed E-state index contributed by atoms with van der Waals surface area (Å²) in [6, 6.07) is 2.77. The Morgan fingerprint density at radius 2 is 2.24 bits per heavy atom. The highest BCUT2D eigenvalue weighted by molar-refractivity contribution is 5.99. The van der Waals surface area contributed by atoms with E-state index in [1.54, 1.807) is 0 Å². The summed E-state index contributed by atoms with van der Waals surface area (Å²) in [5.41, 5.74) is -3.09. The van der Waals surface area contributed by atoms with Gasteiger partial charge < -0.3 is 5.11 Å². The average molecular weight is 299 g/mol. The molecule has 2 unspecified atom stereocenters. The van der Waals surface area contributed by atoms with Gasteiger partial charge in [-0.15, -0.1) is 0 Å². The molecule has 1 amide bonds. The maximum atomic E-state index is 13.4. The topological polar surface area (TPSA) is 65.8 Å². The van der Waals surface area contributed by atoms with Gasteiger partial charge in [-0.1, -0.05) is 0 Å². The molecule has 1 aromatic heterocycles. The molecule has 2 heterocycles. The van der Waals surface area contributed by atoms with Crippen LogP contribution in [-0.4, -0.2) is 38.6 Å². The number of hydrazone groups is 1. The maximum absolute atomic E-state index is 13.4. The van der Waals surface area contributed by atoms with Crippen LogP contribution in [0.15, 0.2) is 29.6 Å². The first-order valence-electron chi connectivity index (χ1n) is 6.47. The van der Waals surface area contributed by atoms with Crippen molar-refractivity contribution in [3.63, 3.8) is 0 Å². The number of pyridine rings is 1. The third kappa shape index (κ3) is 1.93. The van der Waals surface area contributed by atoms with Gasteiger partial charge in [0.05, 0.1) is 11.5 Å². The number of fused-ring (bicyclic) bond motifs is 1. The lowest BCUT2D eigenvalue weighted by atomic mass is 9.92. The number of aliphatic hydroxyl groups is 1. The molecular formula is C13H12F3N3O2. The fourth-order valence-corrected chi connectivity index (χ4v) is 2.86. The normalized spacial score (nSPS) is 28.5. The number of aromatic nitrogens is 1. The van der Waals surface area contributed by atoms with Gasteiger partial charge in [0.1, 0.15) is 0 Å². The zero-order chi connectivity index (χ0) is 15.3. The standard InChI is InChI=1S/C13H12F3N3O2/c14-13(15,16)12(21)9-4-1-5-10(9)18-19(12)11(20)8-3-2-6-17-7-8/h2-3,6-7,9,21H,1,4-5H2. The smallest absolute Gasteiger partial charge is 0.362 e. The van der Waals surface area contributed by atoms with Gasteiger partial charge in [0.15, 0.2) is 0 Å². The Bertz CT molecular complexity index is 602. The van der Waals surface area contributed by atoms with Crippen molar-refractivity contribution < 1.29 is 23.1 Å². The van der Waals surface area contributed by atoms with Gasteiger partial charge in [0.2, 0.25) is 0 Å². The van der Waals surface area contributed by atoms with Crippen LogP contribution in [0.4, 0.5) is 13.2 Å². The molecule has 2 atom stereocenters. The summed E-state index contributed by atoms with van der Waals surface area (Å²) in [6.07, 6.45) is -1.39. The van der Waals surface area contributed by atoms with E-state index in [0.29, 0.717) is 12.8 Å². The van der Waals surface area contributed by atoms with E-state index in [0.717, 1.165) is 6.20 Å². The molecule has 112 valence electrons. The molecule has 1 fully saturated rings. The molecule has 1 aliphatic carbocycles. The van der Waals surface area contributed by atoms with Crippen LogP contribution in [0.1, 0.15) is 29.6 Å². The molecule has 0 radical (unpaired) electrons. The highest BCUT2D eigenvalue weighted by Gasteiger charge is 2.69. The van der Waals surface area contributed by atoms with Crippen molar-refractivity contribution in [3.8, 4) is 0 Å². The number of hydrogen-bond donors (Lipinski definition) is 1. The highest BCUT2D eigenvalue weighted by Crippen LogP contribution is 2.49. The van der Waals surface area contributed by atoms with Gasteiger partial charge in [-0.25, -0.2) is 0 Å². The lowest BCUT2D eigenvalue weighted by molar-refractivity contribution is -0.311. The van der Waals surface area contributed by atoms with Crippen LogP contribution >= 0.6 is 0 Å². The quantitative estimate of drug-likeness (QED) is 0.862. The number of carbonyl (C=O) groups excluding carboxylic acids is 1. The molecule has 0 saturated heterocycles. The molecule has 5 nitrogen and oxygen atoms in total. The van der Waals surface area contributed by atoms with E-state index in [2.05, 4.69) is 10.1 Å². The van der Waals surface area contributed by atoms with Gasteiger partial charge in [-0.05, 0) is 31.4 Å². The monoisotopic (exact) mass is 299 g/mol. The number of hydrogen-bond acceptors (Lipinski definition) is 4. The second kappa shape index (κ2) is 4.52. The first-order chi connectivity index (χ1) is 9.85. The van der Waals surface area contributed by atoms with Crippen LogP contribution < -0.4 is 0 Å². The molecule has 21 heavy (non-hydrogen) atoms. The van der Waals surface area contributed by atoms with Crippen LogP contribution in [0.5, 0.6) is 0 Å². The SMILES string of the molecule is O=C(c1cccnc1)N1N=C2CCCC2C1(O)C(F)(F)F. The number of alkyl halides is 3. The largest absolute Gasteiger partial charge is 0.439 e. The second-order valence-corrected chi connectivity index (χ2v) is 5.12. The zero-order valence-electron chi connectivity index (χ0n) is 10.8. The fraction of sp³-hybridized carbons (Fsp3) is 0.462. The van der Waals surface area contributed by atoms with Crippen molar-refractivity contribution in [2.24, 2.45) is 11.0 Å². The van der Waals surface area contributed by atoms with Crippen LogP contribution in [0.25, 0.3) is 0 Å². The molecule has 1 N–H and O–H groups in total. The lowest BCUT2D eigenvalue weighted by Gasteiger charge is -2.36. The van der Waals surface area contributed by atoms with E-state index in [9.17, 15) is 23.1 Å². The Hall–Kier alpha value is -1.96. The number of halogens is 3. The third-order valence-electron chi connectivity index (χ3n) is 3.88. The Labute approximate surface area is 118 Å². The molecule has 3 rings (SSSR count). The van der Waals surface area contributed by atoms with E-state index in [4.69, 9.17) is 0 Å². The van der Waals surface area contributed by atoms with E-state index < -0.39 is 23.7 Å². The Balaban J connectivity index is 2.04. The van der Waals surface area contributed by atoms with Crippen LogP contribution in [0, 0.1) is 5.92 Å². The van der Waals surface area contributed by atoms with Gasteiger partial charge in [-0.2, -0.15) is 23.3 Å². The summed E-state index contributed by atoms with van der Waals surface area (Å²) in [4.78, 5) is 16.0. The van der Waals surface area contributed by atoms with Crippen molar-refractivity contribution >= 4 is 11.6 Å². The molecule has 8 heteroatoms. The fourth-order valence-electron chi connectivity index (χ4n) is 2.86. The average Bonchev–Trinajstić information content (AvgIpc) is 3.01. The van der Waals surface area contributed by atoms with Crippen LogP contribution in [0.3, 0.4) is 0 Å². The van der Waals surface area contributed by atoms with Crippen molar-refractivity contribution in [2.75, 3.05) is 0 Å². The Morgan fingerprint density at radius 1 is 1.48 bits per heavy atom. The van der Waals surface area contributed by atoms with E-state index in [1.807, 2.05) is 0 Å². The summed E-state index contributed by atoms with van der Waals surface area (Å²) in [6.45, 7) is 0. The molecule has 1 aromatic rings. The first-order valence-corrected chi connectivity index (χ1v) is 6.47. The predicted octanol–water partition coefficient (Wildman–Crippen LogP) is 1.94. The van der Waals surface area contributed by atoms with Gasteiger partial charge in [-0.3, -0.25) is 9.78 Å². The zero-order valence-corrected chi connectivity index (χ0v) is 10.8. The first kappa shape index (κ1) is 14.0. The molecule has 0 aromatic carbocycles. The van der Waals surface area contributed by atoms with Crippen LogP contribution in [-0.2, 0) is 0 Å². The van der Waals surface area contributed by atoms with Gasteiger partial charge in [0.25, 0.3) is 11.6 Å². The minimum Gasteiger partial charge on any atom is -0.362 e. The molecule has 0 bridgehead atoms. The van der Waals surface area contributed by atoms with Gasteiger partial charge >= 0.3 is 6.18 Å². The molecule has 0 spiro atoms. The molecule has 1 saturated carbocycles. The number of rotatable bonds is 1. The predicted molar refractivity (Wildman–Crippen MR) is 66.2 cm³/mol. The summed E-state index contributed by atoms with van der Waals surface area (Å²) >= 11 is 0. The number of nitrogens with zero attached hydrogens (tertiary/aromatic N) is 3. The minimum absolute atomic E-state index is 0.0514. The Kier molecular flexibility index (Phi) is 3.01. The number of amides is 1. The third-order valence-corrected chi connectivity index (χ3v) is 3.88. The number of carbonyl (C=O) groups is 1. The highest BCUT2D eigenvalue weighted by atomic mass is 19.4. The van der Waals surface area contributed by atoms with E-state index in [-0.39, 0.29) is 22.7 Å². The second-order valence-electron chi connectivity index (χ2n) is 5.12. The van der Waals surface area contributed by atoms with Crippen molar-refractivity contribution in [1.29, 1.82) is 0 Å².